The molecule has 1 aliphatic rings. The van der Waals surface area contributed by atoms with Gasteiger partial charge in [-0.25, -0.2) is 0 Å². The third kappa shape index (κ3) is 6.99. The molecule has 39 heavy (non-hydrogen) atoms. The molecule has 2 aromatic rings. The second kappa shape index (κ2) is 13.3. The predicted molar refractivity (Wildman–Crippen MR) is 157 cm³/mol. The Morgan fingerprint density at radius 1 is 1.21 bits per heavy atom. The fourth-order valence-electron chi connectivity index (χ4n) is 4.45. The Labute approximate surface area is 231 Å². The van der Waals surface area contributed by atoms with Crippen molar-refractivity contribution >= 4 is 30.1 Å². The van der Waals surface area contributed by atoms with Gasteiger partial charge in [0, 0.05) is 12.6 Å². The van der Waals surface area contributed by atoms with Gasteiger partial charge >= 0.3 is 144 Å². The molecule has 0 saturated heterocycles. The Kier molecular flexibility index (Phi) is 10.2. The minimum atomic E-state index is -1.04. The number of rotatable bonds is 11. The minimum absolute atomic E-state index is 0.0936. The number of nitrogens with zero attached hydrogens (tertiary/aromatic N) is 3. The first-order valence-electron chi connectivity index (χ1n) is 13.5. The number of aromatic carboxylic acids is 1. The molecule has 204 valence electrons. The predicted octanol–water partition coefficient (Wildman–Crippen LogP) is 6.49. The van der Waals surface area contributed by atoms with Crippen LogP contribution < -0.4 is 0 Å². The molecule has 1 aromatic carbocycles. The summed E-state index contributed by atoms with van der Waals surface area (Å²) in [6.45, 7) is 14.5. The van der Waals surface area contributed by atoms with Crippen molar-refractivity contribution in [3.63, 3.8) is 0 Å². The molecule has 0 radical (unpaired) electrons. The fourth-order valence-corrected chi connectivity index (χ4v) is 4.45. The van der Waals surface area contributed by atoms with Crippen LogP contribution in [0.5, 0.6) is 0 Å². The third-order valence-electron chi connectivity index (χ3n) is 7.09. The topological polar surface area (TPSA) is 73.2 Å². The standard InChI is InChI=1S/C31H37BFN3O3/c1-7-10-15-36(21(5)8-2)30(37)28-19-24(9-3)35(6)29(34-28)16-20(4)25-12-11-22(18-27(25)33)23-13-14-32-26(17-23)31(38)39/h11-14,16-19,21H,4,7-10,15H2,1-3,5-6H3,(H,38,39)/b29-16-. The van der Waals surface area contributed by atoms with Crippen molar-refractivity contribution in [3.05, 3.63) is 83.4 Å². The normalized spacial score (nSPS) is 14.9. The molecular weight excluding hydrogens is 492 g/mol. The van der Waals surface area contributed by atoms with E-state index in [9.17, 15) is 14.7 Å². The van der Waals surface area contributed by atoms with Crippen LogP contribution in [0.1, 0.15) is 69.2 Å². The molecule has 1 amide bonds. The van der Waals surface area contributed by atoms with E-state index in [2.05, 4.69) is 27.4 Å². The van der Waals surface area contributed by atoms with Gasteiger partial charge in [0.25, 0.3) is 5.91 Å². The van der Waals surface area contributed by atoms with Gasteiger partial charge in [0.1, 0.15) is 0 Å². The van der Waals surface area contributed by atoms with Crippen LogP contribution in [0, 0.1) is 5.82 Å². The Bertz CT molecular complexity index is 1350. The van der Waals surface area contributed by atoms with Gasteiger partial charge in [-0.2, -0.15) is 0 Å². The van der Waals surface area contributed by atoms with Gasteiger partial charge in [-0.05, 0) is 32.3 Å². The first kappa shape index (κ1) is 29.7. The molecule has 1 aromatic heterocycles. The van der Waals surface area contributed by atoms with Crippen LogP contribution >= 0.6 is 0 Å². The van der Waals surface area contributed by atoms with E-state index in [0.717, 1.165) is 25.0 Å². The molecule has 1 atom stereocenters. The summed E-state index contributed by atoms with van der Waals surface area (Å²) in [6.07, 6.45) is 6.99. The van der Waals surface area contributed by atoms with Gasteiger partial charge in [-0.3, -0.25) is 4.79 Å². The second-order valence-corrected chi connectivity index (χ2v) is 9.76. The number of allylic oxidation sites excluding steroid dienone is 3. The Hall–Kier alpha value is -3.81. The zero-order valence-corrected chi connectivity index (χ0v) is 23.5. The average molecular weight is 529 g/mol. The van der Waals surface area contributed by atoms with E-state index in [4.69, 9.17) is 4.99 Å². The molecule has 1 aliphatic heterocycles. The quantitative estimate of drug-likeness (QED) is 0.361. The van der Waals surface area contributed by atoms with Gasteiger partial charge in [-0.1, -0.05) is 27.2 Å². The van der Waals surface area contributed by atoms with Gasteiger partial charge < -0.3 is 4.90 Å². The molecule has 6 nitrogen and oxygen atoms in total. The van der Waals surface area contributed by atoms with E-state index in [-0.39, 0.29) is 17.4 Å². The fraction of sp³-hybridized carbons (Fsp3) is 0.355. The van der Waals surface area contributed by atoms with Crippen molar-refractivity contribution < 1.29 is 19.1 Å². The summed E-state index contributed by atoms with van der Waals surface area (Å²) in [7, 11) is 1.87. The van der Waals surface area contributed by atoms with E-state index < -0.39 is 11.8 Å². The number of halogens is 1. The molecule has 0 saturated carbocycles. The van der Waals surface area contributed by atoms with Crippen molar-refractivity contribution in [1.82, 2.24) is 9.80 Å². The summed E-state index contributed by atoms with van der Waals surface area (Å²) in [5.74, 6) is 0.518. The maximum absolute atomic E-state index is 15.3. The first-order chi connectivity index (χ1) is 18.6. The Morgan fingerprint density at radius 3 is 2.54 bits per heavy atom. The van der Waals surface area contributed by atoms with Crippen LogP contribution in [0.15, 0.2) is 71.5 Å². The molecular formula is C31H37BFN3O3. The SMILES string of the molecule is C=C(/C=C1/N=C(C(=O)N(CCCC)C(C)CC)C=C(CC)N1C)c1ccc(-c2ccbc(C(=O)O)c2)cc1F. The van der Waals surface area contributed by atoms with E-state index in [1.807, 2.05) is 29.8 Å². The van der Waals surface area contributed by atoms with E-state index in [1.165, 1.54) is 19.0 Å². The molecule has 3 rings (SSSR count). The van der Waals surface area contributed by atoms with Crippen LogP contribution in [0.3, 0.4) is 0 Å². The molecule has 2 heterocycles. The van der Waals surface area contributed by atoms with Crippen LogP contribution in [0.25, 0.3) is 16.7 Å². The summed E-state index contributed by atoms with van der Waals surface area (Å²) in [5.41, 5.74) is 3.32. The van der Waals surface area contributed by atoms with Crippen LogP contribution in [-0.2, 0) is 4.79 Å². The maximum atomic E-state index is 15.3. The number of amides is 1. The van der Waals surface area contributed by atoms with E-state index in [1.54, 1.807) is 30.2 Å². The van der Waals surface area contributed by atoms with Gasteiger partial charge in [0.05, 0.1) is 0 Å². The third-order valence-corrected chi connectivity index (χ3v) is 7.09. The molecule has 1 unspecified atom stereocenters. The molecule has 0 bridgehead atoms. The van der Waals surface area contributed by atoms with Crippen molar-refractivity contribution in [2.75, 3.05) is 13.6 Å². The van der Waals surface area contributed by atoms with Crippen molar-refractivity contribution in [2.24, 2.45) is 4.99 Å². The van der Waals surface area contributed by atoms with Crippen LogP contribution in [0.4, 0.5) is 4.39 Å². The number of carbonyl (C=O) groups is 2. The zero-order chi connectivity index (χ0) is 28.7. The van der Waals surface area contributed by atoms with Gasteiger partial charge in [0.2, 0.25) is 0 Å². The zero-order valence-electron chi connectivity index (χ0n) is 23.5. The first-order valence-corrected chi connectivity index (χ1v) is 13.5. The number of carboxylic acid groups (broad SMARTS) is 1. The number of hydrogen-bond donors (Lipinski definition) is 1. The molecule has 8 heteroatoms. The number of benzene rings is 1. The van der Waals surface area contributed by atoms with Crippen LogP contribution in [0.2, 0.25) is 0 Å². The van der Waals surface area contributed by atoms with Gasteiger partial charge in [-0.15, -0.1) is 0 Å². The molecule has 1 N–H and O–H groups in total. The van der Waals surface area contributed by atoms with E-state index in [0.29, 0.717) is 46.8 Å². The van der Waals surface area contributed by atoms with Gasteiger partial charge in [0.15, 0.2) is 0 Å². The van der Waals surface area contributed by atoms with E-state index >= 15 is 4.39 Å². The summed E-state index contributed by atoms with van der Waals surface area (Å²) < 4.78 is 15.3. The number of aliphatic imine (C=N–C) groups is 1. The van der Waals surface area contributed by atoms with Crippen LogP contribution in [-0.4, -0.2) is 59.0 Å². The van der Waals surface area contributed by atoms with Crippen molar-refractivity contribution in [2.45, 2.75) is 59.4 Å². The molecule has 0 aliphatic carbocycles. The Morgan fingerprint density at radius 2 is 1.92 bits per heavy atom. The summed E-state index contributed by atoms with van der Waals surface area (Å²) in [5, 5.41) is 9.27. The average Bonchev–Trinajstić information content (AvgIpc) is 2.93. The number of carboxylic acids is 1. The monoisotopic (exact) mass is 529 g/mol. The summed E-state index contributed by atoms with van der Waals surface area (Å²) in [4.78, 5) is 33.3. The number of carbonyl (C=O) groups excluding carboxylic acids is 1. The summed E-state index contributed by atoms with van der Waals surface area (Å²) >= 11 is 0. The van der Waals surface area contributed by atoms with Crippen molar-refractivity contribution in [1.29, 1.82) is 0 Å². The summed E-state index contributed by atoms with van der Waals surface area (Å²) in [6, 6.07) is 8.08. The number of hydrogen-bond acceptors (Lipinski definition) is 4. The second-order valence-electron chi connectivity index (χ2n) is 9.76. The van der Waals surface area contributed by atoms with Crippen molar-refractivity contribution in [3.8, 4) is 11.1 Å². The molecule has 0 spiro atoms. The number of unbranched alkanes of at least 4 members (excludes halogenated alkanes) is 1. The Balaban J connectivity index is 1.94. The molecule has 0 fully saturated rings.